The molecule has 11 heteroatoms. The molecule has 1 atom stereocenters. The maximum absolute atomic E-state index is 13.5. The van der Waals surface area contributed by atoms with Crippen molar-refractivity contribution in [1.82, 2.24) is 10.3 Å². The Hall–Kier alpha value is -4.90. The second-order valence-electron chi connectivity index (χ2n) is 10.1. The van der Waals surface area contributed by atoms with Gasteiger partial charge in [0.05, 0.1) is 17.6 Å². The monoisotopic (exact) mass is 682 g/mol. The minimum Gasteiger partial charge on any atom is -0.494 e. The van der Waals surface area contributed by atoms with Crippen LogP contribution in [0.4, 0.5) is 10.8 Å². The van der Waals surface area contributed by atoms with E-state index in [0.29, 0.717) is 45.0 Å². The fourth-order valence-electron chi connectivity index (χ4n) is 4.37. The Morgan fingerprint density at radius 1 is 0.936 bits per heavy atom. The van der Waals surface area contributed by atoms with Crippen LogP contribution in [0.2, 0.25) is 5.02 Å². The summed E-state index contributed by atoms with van der Waals surface area (Å²) in [7, 11) is 0. The molecule has 8 nitrogen and oxygen atoms in total. The summed E-state index contributed by atoms with van der Waals surface area (Å²) in [5.41, 5.74) is 3.17. The lowest BCUT2D eigenvalue weighted by Crippen LogP contribution is -2.30. The third kappa shape index (κ3) is 9.32. The number of benzene rings is 4. The molecule has 0 aliphatic rings. The third-order valence-corrected chi connectivity index (χ3v) is 8.87. The van der Waals surface area contributed by atoms with Crippen LogP contribution in [0.5, 0.6) is 5.75 Å². The molecule has 0 aliphatic heterocycles. The van der Waals surface area contributed by atoms with Crippen LogP contribution in [0.1, 0.15) is 29.8 Å². The molecule has 3 N–H and O–H groups in total. The molecule has 1 heterocycles. The number of carbonyl (C=O) groups excluding carboxylic acids is 3. The van der Waals surface area contributed by atoms with Crippen molar-refractivity contribution in [1.29, 1.82) is 0 Å². The lowest BCUT2D eigenvalue weighted by Gasteiger charge is -2.14. The van der Waals surface area contributed by atoms with Crippen molar-refractivity contribution in [2.45, 2.75) is 24.0 Å². The first-order chi connectivity index (χ1) is 22.8. The zero-order valence-corrected chi connectivity index (χ0v) is 27.9. The van der Waals surface area contributed by atoms with Crippen LogP contribution in [0.3, 0.4) is 0 Å². The van der Waals surface area contributed by atoms with Gasteiger partial charge in [-0.3, -0.25) is 14.4 Å². The number of thiazole rings is 1. The SMILES string of the molecule is CCOc1ccc(/C=C(/NC(=O)c2ccccc2)C(=O)Nc2cccc(SC(C)C(=O)Nc3nc(-c4ccccc4Cl)cs3)c2)cc1. The molecule has 0 fully saturated rings. The number of aromatic nitrogens is 1. The molecule has 0 bridgehead atoms. The van der Waals surface area contributed by atoms with Gasteiger partial charge in [-0.2, -0.15) is 0 Å². The summed E-state index contributed by atoms with van der Waals surface area (Å²) in [6.07, 6.45) is 1.60. The number of nitrogens with one attached hydrogen (secondary N) is 3. The van der Waals surface area contributed by atoms with Gasteiger partial charge in [0.2, 0.25) is 5.91 Å². The second kappa shape index (κ2) is 16.1. The van der Waals surface area contributed by atoms with Crippen LogP contribution in [-0.2, 0) is 9.59 Å². The molecule has 47 heavy (non-hydrogen) atoms. The Bertz CT molecular complexity index is 1890. The smallest absolute Gasteiger partial charge is 0.272 e. The van der Waals surface area contributed by atoms with Gasteiger partial charge in [0.25, 0.3) is 11.8 Å². The van der Waals surface area contributed by atoms with Gasteiger partial charge in [-0.25, -0.2) is 4.98 Å². The number of thioether (sulfide) groups is 1. The highest BCUT2D eigenvalue weighted by molar-refractivity contribution is 8.00. The number of rotatable bonds is 12. The standard InChI is InChI=1S/C36H31ClN4O4S2/c1-3-45-27-18-16-24(17-19-27)20-31(39-34(43)25-10-5-4-6-11-25)35(44)38-26-12-9-13-28(21-26)47-23(2)33(42)41-36-40-32(22-46-36)29-14-7-8-15-30(29)37/h4-23H,3H2,1-2H3,(H,38,44)(H,39,43)(H,40,41,42)/b31-20+. The van der Waals surface area contributed by atoms with Gasteiger partial charge in [-0.15, -0.1) is 23.1 Å². The number of hydrogen-bond acceptors (Lipinski definition) is 7. The van der Waals surface area contributed by atoms with Crippen molar-refractivity contribution in [2.75, 3.05) is 17.2 Å². The minimum absolute atomic E-state index is 0.0634. The molecule has 1 aromatic heterocycles. The van der Waals surface area contributed by atoms with Gasteiger partial charge in [0.1, 0.15) is 11.4 Å². The number of anilines is 2. The first kappa shape index (κ1) is 33.5. The molecule has 0 radical (unpaired) electrons. The summed E-state index contributed by atoms with van der Waals surface area (Å²) < 4.78 is 5.52. The van der Waals surface area contributed by atoms with Gasteiger partial charge in [0.15, 0.2) is 5.13 Å². The molecule has 3 amide bonds. The lowest BCUT2D eigenvalue weighted by atomic mass is 10.1. The molecule has 5 rings (SSSR count). The highest BCUT2D eigenvalue weighted by Gasteiger charge is 2.19. The number of nitrogens with zero attached hydrogens (tertiary/aromatic N) is 1. The molecular weight excluding hydrogens is 652 g/mol. The van der Waals surface area contributed by atoms with E-state index in [1.807, 2.05) is 42.6 Å². The van der Waals surface area contributed by atoms with E-state index in [1.165, 1.54) is 23.1 Å². The largest absolute Gasteiger partial charge is 0.494 e. The van der Waals surface area contributed by atoms with Gasteiger partial charge < -0.3 is 20.7 Å². The molecular formula is C36H31ClN4O4S2. The van der Waals surface area contributed by atoms with Crippen LogP contribution >= 0.6 is 34.7 Å². The number of amides is 3. The number of hydrogen-bond donors (Lipinski definition) is 3. The highest BCUT2D eigenvalue weighted by Crippen LogP contribution is 2.31. The highest BCUT2D eigenvalue weighted by atomic mass is 35.5. The first-order valence-corrected chi connectivity index (χ1v) is 16.8. The summed E-state index contributed by atoms with van der Waals surface area (Å²) in [5.74, 6) is -0.432. The topological polar surface area (TPSA) is 109 Å². The summed E-state index contributed by atoms with van der Waals surface area (Å²) >= 11 is 8.96. The Morgan fingerprint density at radius 3 is 2.43 bits per heavy atom. The molecule has 0 aliphatic carbocycles. The van der Waals surface area contributed by atoms with Crippen molar-refractivity contribution in [3.8, 4) is 17.0 Å². The molecule has 238 valence electrons. The summed E-state index contributed by atoms with van der Waals surface area (Å²) in [6.45, 7) is 4.23. The molecule has 4 aromatic carbocycles. The number of carbonyl (C=O) groups is 3. The van der Waals surface area contributed by atoms with Gasteiger partial charge in [0, 0.05) is 32.1 Å². The van der Waals surface area contributed by atoms with E-state index in [-0.39, 0.29) is 11.6 Å². The van der Waals surface area contributed by atoms with E-state index in [2.05, 4.69) is 20.9 Å². The Balaban J connectivity index is 1.26. The average molecular weight is 683 g/mol. The van der Waals surface area contributed by atoms with Gasteiger partial charge >= 0.3 is 0 Å². The molecule has 0 spiro atoms. The van der Waals surface area contributed by atoms with Crippen LogP contribution in [0, 0.1) is 0 Å². The van der Waals surface area contributed by atoms with Crippen molar-refractivity contribution in [3.05, 3.63) is 130 Å². The van der Waals surface area contributed by atoms with E-state index in [0.717, 1.165) is 10.5 Å². The normalized spacial score (nSPS) is 11.8. The summed E-state index contributed by atoms with van der Waals surface area (Å²) in [5, 5.41) is 11.0. The van der Waals surface area contributed by atoms with Crippen molar-refractivity contribution < 1.29 is 19.1 Å². The quantitative estimate of drug-likeness (QED) is 0.0901. The van der Waals surface area contributed by atoms with Crippen molar-refractivity contribution >= 4 is 69.3 Å². The van der Waals surface area contributed by atoms with Crippen LogP contribution < -0.4 is 20.7 Å². The number of halogens is 1. The Labute approximate surface area is 286 Å². The van der Waals surface area contributed by atoms with Crippen LogP contribution in [0.15, 0.2) is 119 Å². The average Bonchev–Trinajstić information content (AvgIpc) is 3.54. The number of ether oxygens (including phenoxy) is 1. The summed E-state index contributed by atoms with van der Waals surface area (Å²) in [4.78, 5) is 44.8. The predicted molar refractivity (Wildman–Crippen MR) is 191 cm³/mol. The molecule has 0 saturated carbocycles. The van der Waals surface area contributed by atoms with Gasteiger partial charge in [-0.1, -0.05) is 66.2 Å². The Morgan fingerprint density at radius 2 is 1.68 bits per heavy atom. The minimum atomic E-state index is -0.505. The fraction of sp³-hybridized carbons (Fsp3) is 0.111. The fourth-order valence-corrected chi connectivity index (χ4v) is 6.24. The molecule has 0 saturated heterocycles. The molecule has 5 aromatic rings. The van der Waals surface area contributed by atoms with E-state index in [9.17, 15) is 14.4 Å². The third-order valence-electron chi connectivity index (χ3n) is 6.69. The summed E-state index contributed by atoms with van der Waals surface area (Å²) in [6, 6.07) is 30.4. The van der Waals surface area contributed by atoms with Crippen molar-refractivity contribution in [2.24, 2.45) is 0 Å². The maximum atomic E-state index is 13.5. The predicted octanol–water partition coefficient (Wildman–Crippen LogP) is 8.39. The van der Waals surface area contributed by atoms with E-state index < -0.39 is 17.1 Å². The van der Waals surface area contributed by atoms with E-state index in [4.69, 9.17) is 16.3 Å². The Kier molecular flexibility index (Phi) is 11.5. The molecule has 1 unspecified atom stereocenters. The van der Waals surface area contributed by atoms with E-state index in [1.54, 1.807) is 85.8 Å². The zero-order valence-electron chi connectivity index (χ0n) is 25.5. The lowest BCUT2D eigenvalue weighted by molar-refractivity contribution is -0.115. The van der Waals surface area contributed by atoms with Gasteiger partial charge in [-0.05, 0) is 74.0 Å². The first-order valence-electron chi connectivity index (χ1n) is 14.7. The maximum Gasteiger partial charge on any atom is 0.272 e. The zero-order chi connectivity index (χ0) is 33.2. The van der Waals surface area contributed by atoms with Crippen molar-refractivity contribution in [3.63, 3.8) is 0 Å². The van der Waals surface area contributed by atoms with E-state index >= 15 is 0 Å². The van der Waals surface area contributed by atoms with Crippen LogP contribution in [0.25, 0.3) is 17.3 Å². The second-order valence-corrected chi connectivity index (χ2v) is 12.8. The van der Waals surface area contributed by atoms with Crippen LogP contribution in [-0.4, -0.2) is 34.6 Å².